The number of nitrogens with one attached hydrogen (secondary N) is 2. The molecule has 0 aliphatic heterocycles. The Bertz CT molecular complexity index is 807. The van der Waals surface area contributed by atoms with Crippen molar-refractivity contribution in [3.05, 3.63) is 29.7 Å². The maximum Gasteiger partial charge on any atom is 0.329 e. The SMILES string of the molecule is COc1ccc(F)c2[nH]c(C(=O)NC3(C(=O)O)CCCCCC3)cc12. The number of hydrogen-bond donors (Lipinski definition) is 3. The Labute approximate surface area is 144 Å². The Morgan fingerprint density at radius 2 is 1.92 bits per heavy atom. The minimum atomic E-state index is -1.27. The topological polar surface area (TPSA) is 91.4 Å². The lowest BCUT2D eigenvalue weighted by atomic mass is 9.90. The number of hydrogen-bond acceptors (Lipinski definition) is 3. The van der Waals surface area contributed by atoms with Crippen LogP contribution < -0.4 is 10.1 Å². The molecule has 1 aliphatic rings. The molecule has 3 rings (SSSR count). The number of ether oxygens (including phenoxy) is 1. The van der Waals surface area contributed by atoms with E-state index in [0.717, 1.165) is 25.7 Å². The number of aromatic nitrogens is 1. The summed E-state index contributed by atoms with van der Waals surface area (Å²) in [5, 5.41) is 12.8. The number of carbonyl (C=O) groups is 2. The summed E-state index contributed by atoms with van der Waals surface area (Å²) in [5.41, 5.74) is -0.994. The second kappa shape index (κ2) is 6.74. The predicted molar refractivity (Wildman–Crippen MR) is 90.3 cm³/mol. The lowest BCUT2D eigenvalue weighted by Crippen LogP contribution is -2.54. The Kier molecular flexibility index (Phi) is 4.65. The van der Waals surface area contributed by atoms with E-state index in [2.05, 4.69) is 10.3 Å². The van der Waals surface area contributed by atoms with Gasteiger partial charge >= 0.3 is 5.97 Å². The van der Waals surface area contributed by atoms with Crippen LogP contribution in [0.2, 0.25) is 0 Å². The van der Waals surface area contributed by atoms with E-state index in [4.69, 9.17) is 4.74 Å². The fraction of sp³-hybridized carbons (Fsp3) is 0.444. The van der Waals surface area contributed by atoms with Crippen LogP contribution in [0.1, 0.15) is 49.0 Å². The second-order valence-electron chi connectivity index (χ2n) is 6.48. The summed E-state index contributed by atoms with van der Waals surface area (Å²) in [4.78, 5) is 27.2. The van der Waals surface area contributed by atoms with Crippen molar-refractivity contribution in [2.75, 3.05) is 7.11 Å². The van der Waals surface area contributed by atoms with E-state index in [9.17, 15) is 19.1 Å². The number of rotatable bonds is 4. The van der Waals surface area contributed by atoms with Crippen molar-refractivity contribution < 1.29 is 23.8 Å². The van der Waals surface area contributed by atoms with Crippen LogP contribution in [0, 0.1) is 5.82 Å². The number of methoxy groups -OCH3 is 1. The molecule has 134 valence electrons. The number of halogens is 1. The van der Waals surface area contributed by atoms with E-state index in [1.54, 1.807) is 0 Å². The second-order valence-corrected chi connectivity index (χ2v) is 6.48. The lowest BCUT2D eigenvalue weighted by molar-refractivity contribution is -0.145. The molecule has 0 bridgehead atoms. The van der Waals surface area contributed by atoms with Gasteiger partial charge in [-0.3, -0.25) is 4.79 Å². The molecule has 1 amide bonds. The average Bonchev–Trinajstić information content (AvgIpc) is 2.91. The summed E-state index contributed by atoms with van der Waals surface area (Å²) in [6, 6.07) is 4.22. The quantitative estimate of drug-likeness (QED) is 0.740. The van der Waals surface area contributed by atoms with Gasteiger partial charge < -0.3 is 20.1 Å². The fourth-order valence-electron chi connectivity index (χ4n) is 3.47. The first kappa shape index (κ1) is 17.3. The van der Waals surface area contributed by atoms with Gasteiger partial charge in [0.25, 0.3) is 5.91 Å². The number of carboxylic acids is 1. The van der Waals surface area contributed by atoms with E-state index in [-0.39, 0.29) is 11.2 Å². The van der Waals surface area contributed by atoms with Gasteiger partial charge in [-0.2, -0.15) is 0 Å². The lowest BCUT2D eigenvalue weighted by Gasteiger charge is -2.29. The number of fused-ring (bicyclic) bond motifs is 1. The minimum Gasteiger partial charge on any atom is -0.496 e. The van der Waals surface area contributed by atoms with Crippen molar-refractivity contribution >= 4 is 22.8 Å². The van der Waals surface area contributed by atoms with Crippen LogP contribution in [0.15, 0.2) is 18.2 Å². The molecular formula is C18H21FN2O4. The highest BCUT2D eigenvalue weighted by molar-refractivity contribution is 6.01. The maximum atomic E-state index is 14.0. The van der Waals surface area contributed by atoms with E-state index >= 15 is 0 Å². The monoisotopic (exact) mass is 348 g/mol. The van der Waals surface area contributed by atoms with E-state index in [0.29, 0.717) is 24.0 Å². The molecule has 0 spiro atoms. The zero-order valence-corrected chi connectivity index (χ0v) is 14.0. The smallest absolute Gasteiger partial charge is 0.329 e. The molecule has 1 aromatic carbocycles. The summed E-state index contributed by atoms with van der Waals surface area (Å²) in [7, 11) is 1.46. The molecule has 0 unspecified atom stereocenters. The number of benzene rings is 1. The Balaban J connectivity index is 1.93. The molecule has 1 saturated carbocycles. The van der Waals surface area contributed by atoms with E-state index in [1.165, 1.54) is 25.3 Å². The number of aliphatic carboxylic acids is 1. The zero-order valence-electron chi connectivity index (χ0n) is 14.0. The van der Waals surface area contributed by atoms with Crippen LogP contribution in [0.5, 0.6) is 5.75 Å². The van der Waals surface area contributed by atoms with Crippen molar-refractivity contribution in [1.82, 2.24) is 10.3 Å². The molecule has 0 atom stereocenters. The molecular weight excluding hydrogens is 327 g/mol. The van der Waals surface area contributed by atoms with E-state index in [1.807, 2.05) is 0 Å². The van der Waals surface area contributed by atoms with Crippen LogP contribution in [0.25, 0.3) is 10.9 Å². The average molecular weight is 348 g/mol. The molecule has 7 heteroatoms. The van der Waals surface area contributed by atoms with Crippen molar-refractivity contribution in [3.8, 4) is 5.75 Å². The van der Waals surface area contributed by atoms with Gasteiger partial charge in [0.2, 0.25) is 0 Å². The fourth-order valence-corrected chi connectivity index (χ4v) is 3.47. The molecule has 2 aromatic rings. The van der Waals surface area contributed by atoms with Gasteiger partial charge in [0.1, 0.15) is 22.8 Å². The molecule has 1 fully saturated rings. The third kappa shape index (κ3) is 3.18. The Morgan fingerprint density at radius 3 is 2.52 bits per heavy atom. The Hall–Kier alpha value is -2.57. The van der Waals surface area contributed by atoms with Gasteiger partial charge in [0.15, 0.2) is 0 Å². The van der Waals surface area contributed by atoms with Crippen molar-refractivity contribution in [2.24, 2.45) is 0 Å². The van der Waals surface area contributed by atoms with Gasteiger partial charge in [-0.05, 0) is 31.0 Å². The minimum absolute atomic E-state index is 0.114. The first-order valence-electron chi connectivity index (χ1n) is 8.38. The molecule has 6 nitrogen and oxygen atoms in total. The number of H-pyrrole nitrogens is 1. The highest BCUT2D eigenvalue weighted by atomic mass is 19.1. The summed E-state index contributed by atoms with van der Waals surface area (Å²) in [6.45, 7) is 0. The predicted octanol–water partition coefficient (Wildman–Crippen LogP) is 3.22. The van der Waals surface area contributed by atoms with Gasteiger partial charge in [-0.25, -0.2) is 9.18 Å². The van der Waals surface area contributed by atoms with Crippen LogP contribution in [-0.2, 0) is 4.79 Å². The molecule has 25 heavy (non-hydrogen) atoms. The highest BCUT2D eigenvalue weighted by Crippen LogP contribution is 2.30. The Morgan fingerprint density at radius 1 is 1.24 bits per heavy atom. The van der Waals surface area contributed by atoms with Crippen LogP contribution in [0.4, 0.5) is 4.39 Å². The van der Waals surface area contributed by atoms with Crippen LogP contribution >= 0.6 is 0 Å². The van der Waals surface area contributed by atoms with Crippen LogP contribution in [0.3, 0.4) is 0 Å². The summed E-state index contributed by atoms with van der Waals surface area (Å²) in [6.07, 6.45) is 4.21. The molecule has 0 saturated heterocycles. The summed E-state index contributed by atoms with van der Waals surface area (Å²) >= 11 is 0. The molecule has 0 radical (unpaired) electrons. The van der Waals surface area contributed by atoms with Crippen LogP contribution in [-0.4, -0.2) is 34.6 Å². The number of aromatic amines is 1. The standard InChI is InChI=1S/C18H21FN2O4/c1-25-14-7-6-12(19)15-11(14)10-13(20-15)16(22)21-18(17(23)24)8-4-2-3-5-9-18/h6-7,10,20H,2-5,8-9H2,1H3,(H,21,22)(H,23,24). The van der Waals surface area contributed by atoms with E-state index < -0.39 is 23.2 Å². The zero-order chi connectivity index (χ0) is 18.0. The largest absolute Gasteiger partial charge is 0.496 e. The van der Waals surface area contributed by atoms with Gasteiger partial charge in [0, 0.05) is 5.39 Å². The number of amides is 1. The van der Waals surface area contributed by atoms with Gasteiger partial charge in [-0.15, -0.1) is 0 Å². The summed E-state index contributed by atoms with van der Waals surface area (Å²) in [5.74, 6) is -1.64. The first-order chi connectivity index (χ1) is 12.0. The number of carbonyl (C=O) groups excluding carboxylic acids is 1. The third-order valence-corrected chi connectivity index (χ3v) is 4.89. The summed E-state index contributed by atoms with van der Waals surface area (Å²) < 4.78 is 19.2. The third-order valence-electron chi connectivity index (χ3n) is 4.89. The molecule has 1 aromatic heterocycles. The molecule has 3 N–H and O–H groups in total. The number of carboxylic acid groups (broad SMARTS) is 1. The van der Waals surface area contributed by atoms with Crippen molar-refractivity contribution in [1.29, 1.82) is 0 Å². The van der Waals surface area contributed by atoms with Crippen molar-refractivity contribution in [2.45, 2.75) is 44.1 Å². The first-order valence-corrected chi connectivity index (χ1v) is 8.38. The maximum absolute atomic E-state index is 14.0. The molecule has 1 heterocycles. The van der Waals surface area contributed by atoms with Gasteiger partial charge in [-0.1, -0.05) is 25.7 Å². The molecule has 1 aliphatic carbocycles. The van der Waals surface area contributed by atoms with Gasteiger partial charge in [0.05, 0.1) is 12.6 Å². The highest BCUT2D eigenvalue weighted by Gasteiger charge is 2.40. The van der Waals surface area contributed by atoms with Crippen molar-refractivity contribution in [3.63, 3.8) is 0 Å². The normalized spacial score (nSPS) is 17.0.